The maximum absolute atomic E-state index is 11.9. The van der Waals surface area contributed by atoms with Gasteiger partial charge in [-0.3, -0.25) is 4.52 Å². The number of carbonyl (C=O) groups excluding carboxylic acids is 1. The highest BCUT2D eigenvalue weighted by molar-refractivity contribution is 8.77. The van der Waals surface area contributed by atoms with Crippen LogP contribution in [0.25, 0.3) is 0 Å². The fourth-order valence-electron chi connectivity index (χ4n) is 3.22. The van der Waals surface area contributed by atoms with Crippen molar-refractivity contribution in [2.75, 3.05) is 46.0 Å². The Morgan fingerprint density at radius 1 is 1.05 bits per heavy atom. The first-order valence-corrected chi connectivity index (χ1v) is 20.0. The number of amides is 2. The van der Waals surface area contributed by atoms with Crippen LogP contribution < -0.4 is 10.6 Å². The topological polar surface area (TPSA) is 229 Å². The van der Waals surface area contributed by atoms with Crippen LogP contribution in [0.4, 0.5) is 4.79 Å². The largest absolute Gasteiger partial charge is 0.490 e. The summed E-state index contributed by atoms with van der Waals surface area (Å²) in [4.78, 5) is 47.6. The number of carbonyl (C=O) groups is 1. The van der Waals surface area contributed by atoms with Gasteiger partial charge in [-0.1, -0.05) is 27.5 Å². The molecule has 1 saturated heterocycles. The highest BCUT2D eigenvalue weighted by Gasteiger charge is 2.41. The third-order valence-corrected chi connectivity index (χ3v) is 12.1. The summed E-state index contributed by atoms with van der Waals surface area (Å²) in [5.74, 6) is 6.14. The van der Waals surface area contributed by atoms with Crippen molar-refractivity contribution in [2.24, 2.45) is 0 Å². The molecule has 22 heteroatoms. The van der Waals surface area contributed by atoms with E-state index in [1.807, 2.05) is 0 Å². The summed E-state index contributed by atoms with van der Waals surface area (Å²) in [5.41, 5.74) is 0. The molecule has 1 fully saturated rings. The number of hydrogen-bond acceptors (Lipinski definition) is 12. The maximum Gasteiger partial charge on any atom is 0.490 e. The van der Waals surface area contributed by atoms with Crippen LogP contribution >= 0.6 is 45.1 Å². The lowest BCUT2D eigenvalue weighted by molar-refractivity contribution is 0.0393. The molecular formula is C21H41BN2O14P3S2. The van der Waals surface area contributed by atoms with Crippen LogP contribution in [0.2, 0.25) is 0 Å². The standard InChI is InChI=1S/C21H41BN2O14P3S2/c1-21(2,10-15-33-3)43-42-17-34-14-6-4-5-12-23-20(25)24-13-7-11-22-19-9-8-18(36-19)16-35-40(29,30)38-41(31,32)37-39(26,27)28/h18-19H,4-6,8-10,12-17H2,1-3H3,(H,29,30)(H,31,32)(H2,23,24,25)(H2,26,27,28)/t18-,19+/m0/s1. The summed E-state index contributed by atoms with van der Waals surface area (Å²) < 4.78 is 62.1. The number of nitrogens with one attached hydrogen (secondary N) is 2. The van der Waals surface area contributed by atoms with Gasteiger partial charge in [-0.15, -0.1) is 0 Å². The van der Waals surface area contributed by atoms with Crippen LogP contribution in [0.15, 0.2) is 0 Å². The quantitative estimate of drug-likeness (QED) is 0.0236. The number of unbranched alkanes of at least 4 members (excludes halogenated alkanes) is 2. The van der Waals surface area contributed by atoms with Gasteiger partial charge in [0.1, 0.15) is 5.94 Å². The second-order valence-corrected chi connectivity index (χ2v) is 17.0. The predicted octanol–water partition coefficient (Wildman–Crippen LogP) is 3.14. The smallest absolute Gasteiger partial charge is 0.385 e. The Bertz CT molecular complexity index is 1040. The predicted molar refractivity (Wildman–Crippen MR) is 163 cm³/mol. The normalized spacial score (nSPS) is 20.0. The Labute approximate surface area is 260 Å². The molecule has 4 atom stereocenters. The molecule has 6 N–H and O–H groups in total. The number of rotatable bonds is 22. The Morgan fingerprint density at radius 2 is 1.79 bits per heavy atom. The van der Waals surface area contributed by atoms with Crippen molar-refractivity contribution in [3.8, 4) is 11.7 Å². The lowest BCUT2D eigenvalue weighted by Crippen LogP contribution is -2.36. The molecule has 0 aliphatic carbocycles. The van der Waals surface area contributed by atoms with Crippen LogP contribution in [0.5, 0.6) is 0 Å². The zero-order valence-corrected chi connectivity index (χ0v) is 28.6. The molecule has 1 rings (SSSR count). The van der Waals surface area contributed by atoms with Crippen molar-refractivity contribution in [1.29, 1.82) is 0 Å². The molecule has 0 aromatic heterocycles. The van der Waals surface area contributed by atoms with Crippen LogP contribution in [0, 0.1) is 11.7 Å². The molecule has 0 bridgehead atoms. The van der Waals surface area contributed by atoms with E-state index in [1.165, 1.54) is 0 Å². The molecular weight excluding hydrogens is 672 g/mol. The van der Waals surface area contributed by atoms with Crippen LogP contribution in [0.1, 0.15) is 52.4 Å². The molecule has 16 nitrogen and oxygen atoms in total. The third-order valence-electron chi connectivity index (χ3n) is 5.26. The molecule has 1 aliphatic heterocycles. The second kappa shape index (κ2) is 20.9. The van der Waals surface area contributed by atoms with Gasteiger partial charge >= 0.3 is 29.5 Å². The van der Waals surface area contributed by atoms with Gasteiger partial charge in [-0.2, -0.15) is 14.4 Å². The first-order chi connectivity index (χ1) is 20.0. The Morgan fingerprint density at radius 3 is 2.49 bits per heavy atom. The van der Waals surface area contributed by atoms with E-state index in [1.54, 1.807) is 36.0 Å². The molecule has 2 unspecified atom stereocenters. The summed E-state index contributed by atoms with van der Waals surface area (Å²) in [6.07, 6.45) is 3.86. The van der Waals surface area contributed by atoms with Gasteiger partial charge in [-0.05, 0) is 52.4 Å². The van der Waals surface area contributed by atoms with E-state index in [0.717, 1.165) is 32.3 Å². The lowest BCUT2D eigenvalue weighted by Gasteiger charge is -2.22. The molecule has 0 aromatic carbocycles. The number of phosphoric ester groups is 1. The minimum Gasteiger partial charge on any atom is -0.385 e. The SMILES string of the molecule is COCCC(C)(C)SSCOCCCCCNC(=O)NCC#C[B][C@H]1CC[C@@H](COP(=O)(O)OP(=O)(O)OP(=O)(O)O)O1. The summed E-state index contributed by atoms with van der Waals surface area (Å²) in [5, 5.41) is 5.38. The number of urea groups is 1. The van der Waals surface area contributed by atoms with E-state index in [-0.39, 0.29) is 17.3 Å². The van der Waals surface area contributed by atoms with E-state index in [2.05, 4.69) is 49.4 Å². The van der Waals surface area contributed by atoms with Gasteiger partial charge in [0.15, 0.2) is 0 Å². The maximum atomic E-state index is 11.9. The molecule has 1 heterocycles. The number of methoxy groups -OCH3 is 1. The molecule has 0 spiro atoms. The Kier molecular flexibility index (Phi) is 19.9. The fourth-order valence-corrected chi connectivity index (χ4v) is 8.55. The van der Waals surface area contributed by atoms with E-state index in [9.17, 15) is 23.4 Å². The first kappa shape index (κ1) is 40.9. The second-order valence-electron chi connectivity index (χ2n) is 9.65. The average Bonchev–Trinajstić information content (AvgIpc) is 3.33. The van der Waals surface area contributed by atoms with Crippen LogP contribution in [0.3, 0.4) is 0 Å². The van der Waals surface area contributed by atoms with Gasteiger partial charge in [0, 0.05) is 37.6 Å². The summed E-state index contributed by atoms with van der Waals surface area (Å²) >= 11 is 0. The highest BCUT2D eigenvalue weighted by Crippen LogP contribution is 2.66. The first-order valence-electron chi connectivity index (χ1n) is 13.2. The van der Waals surface area contributed by atoms with E-state index < -0.39 is 42.2 Å². The molecule has 1 aliphatic rings. The van der Waals surface area contributed by atoms with Gasteiger partial charge in [-0.25, -0.2) is 18.5 Å². The molecule has 0 saturated carbocycles. The molecule has 0 aromatic rings. The van der Waals surface area contributed by atoms with Crippen molar-refractivity contribution < 1.29 is 65.4 Å². The van der Waals surface area contributed by atoms with Crippen LogP contribution in [-0.4, -0.2) is 95.7 Å². The zero-order chi connectivity index (χ0) is 32.4. The third kappa shape index (κ3) is 22.9. The number of hydrogen-bond donors (Lipinski definition) is 6. The molecule has 43 heavy (non-hydrogen) atoms. The summed E-state index contributed by atoms with van der Waals surface area (Å²) in [6.45, 7) is 5.90. The zero-order valence-electron chi connectivity index (χ0n) is 24.2. The number of ether oxygens (including phenoxy) is 3. The van der Waals surface area contributed by atoms with Gasteiger partial charge in [0.2, 0.25) is 0 Å². The van der Waals surface area contributed by atoms with Gasteiger partial charge in [0.05, 0.1) is 19.3 Å². The van der Waals surface area contributed by atoms with Crippen molar-refractivity contribution in [3.63, 3.8) is 0 Å². The van der Waals surface area contributed by atoms with Crippen LogP contribution in [-0.2, 0) is 41.1 Å². The van der Waals surface area contributed by atoms with Crippen molar-refractivity contribution in [2.45, 2.75) is 69.2 Å². The molecule has 2 amide bonds. The summed E-state index contributed by atoms with van der Waals surface area (Å²) in [7, 11) is -9.49. The van der Waals surface area contributed by atoms with E-state index >= 15 is 0 Å². The van der Waals surface area contributed by atoms with E-state index in [0.29, 0.717) is 31.9 Å². The number of phosphoric acid groups is 3. The highest BCUT2D eigenvalue weighted by atomic mass is 33.1. The summed E-state index contributed by atoms with van der Waals surface area (Å²) in [6, 6.07) is -0.761. The Balaban J connectivity index is 2.07. The van der Waals surface area contributed by atoms with Gasteiger partial charge in [0.25, 0.3) is 7.28 Å². The van der Waals surface area contributed by atoms with Crippen molar-refractivity contribution in [1.82, 2.24) is 10.6 Å². The minimum atomic E-state index is -5.57. The minimum absolute atomic E-state index is 0.107. The average molecular weight is 713 g/mol. The fraction of sp³-hybridized carbons (Fsp3) is 0.857. The van der Waals surface area contributed by atoms with Crippen molar-refractivity contribution in [3.05, 3.63) is 0 Å². The van der Waals surface area contributed by atoms with Gasteiger partial charge < -0.3 is 44.4 Å². The molecule has 1 radical (unpaired) electrons. The molecule has 249 valence electrons. The monoisotopic (exact) mass is 713 g/mol. The van der Waals surface area contributed by atoms with Crippen molar-refractivity contribution >= 4 is 58.4 Å². The lowest BCUT2D eigenvalue weighted by atomic mass is 9.71. The van der Waals surface area contributed by atoms with E-state index in [4.69, 9.17) is 28.9 Å². The Hall–Kier alpha value is -0.115.